The number of aliphatic carboxylic acids is 1. The van der Waals surface area contributed by atoms with E-state index in [1.165, 1.54) is 7.05 Å². The molecule has 1 amide bonds. The largest absolute Gasteiger partial charge is 0.480 e. The van der Waals surface area contributed by atoms with E-state index in [0.717, 1.165) is 10.5 Å². The van der Waals surface area contributed by atoms with Crippen molar-refractivity contribution in [3.05, 3.63) is 35.9 Å². The zero-order valence-corrected chi connectivity index (χ0v) is 16.1. The summed E-state index contributed by atoms with van der Waals surface area (Å²) in [7, 11) is 1.28. The highest BCUT2D eigenvalue weighted by molar-refractivity contribution is 6.67. The van der Waals surface area contributed by atoms with Crippen LogP contribution < -0.4 is 0 Å². The van der Waals surface area contributed by atoms with Crippen LogP contribution in [0.3, 0.4) is 0 Å². The number of ether oxygens (including phenoxy) is 2. The topological polar surface area (TPSA) is 93.1 Å². The molecule has 0 aliphatic rings. The van der Waals surface area contributed by atoms with Gasteiger partial charge in [0.2, 0.25) is 3.79 Å². The Morgan fingerprint density at radius 3 is 2.31 bits per heavy atom. The first-order valence-electron chi connectivity index (χ1n) is 7.49. The van der Waals surface area contributed by atoms with Crippen molar-refractivity contribution in [1.29, 1.82) is 0 Å². The van der Waals surface area contributed by atoms with Gasteiger partial charge in [-0.1, -0.05) is 65.1 Å². The van der Waals surface area contributed by atoms with Gasteiger partial charge >= 0.3 is 18.0 Å². The summed E-state index contributed by atoms with van der Waals surface area (Å²) in [6.07, 6.45) is -1.27. The predicted octanol–water partition coefficient (Wildman–Crippen LogP) is 3.40. The van der Waals surface area contributed by atoms with Crippen molar-refractivity contribution in [2.24, 2.45) is 0 Å². The van der Waals surface area contributed by atoms with Gasteiger partial charge < -0.3 is 14.6 Å². The van der Waals surface area contributed by atoms with Crippen molar-refractivity contribution >= 4 is 52.8 Å². The molecule has 0 aromatic heterocycles. The van der Waals surface area contributed by atoms with Crippen LogP contribution in [0.5, 0.6) is 0 Å². The summed E-state index contributed by atoms with van der Waals surface area (Å²) in [6.45, 7) is -0.454. The molecule has 7 nitrogen and oxygen atoms in total. The van der Waals surface area contributed by atoms with Crippen LogP contribution in [0.15, 0.2) is 30.3 Å². The zero-order chi connectivity index (χ0) is 19.7. The molecule has 144 valence electrons. The molecular formula is C16H18Cl3NO6. The number of hydrogen-bond donors (Lipinski definition) is 1. The van der Waals surface area contributed by atoms with Crippen LogP contribution in [0.2, 0.25) is 0 Å². The highest BCUT2D eigenvalue weighted by atomic mass is 35.6. The summed E-state index contributed by atoms with van der Waals surface area (Å²) >= 11 is 16.4. The Balaban J connectivity index is 2.52. The molecule has 10 heteroatoms. The molecule has 0 aliphatic carbocycles. The monoisotopic (exact) mass is 425 g/mol. The van der Waals surface area contributed by atoms with Gasteiger partial charge in [0.25, 0.3) is 0 Å². The number of carbonyl (C=O) groups is 3. The van der Waals surface area contributed by atoms with Crippen LogP contribution in [0.4, 0.5) is 4.79 Å². The Morgan fingerprint density at radius 2 is 1.77 bits per heavy atom. The van der Waals surface area contributed by atoms with E-state index in [0.29, 0.717) is 0 Å². The average molecular weight is 427 g/mol. The van der Waals surface area contributed by atoms with Crippen molar-refractivity contribution in [2.75, 3.05) is 13.7 Å². The molecule has 26 heavy (non-hydrogen) atoms. The van der Waals surface area contributed by atoms with Crippen molar-refractivity contribution < 1.29 is 29.0 Å². The molecule has 0 fully saturated rings. The molecule has 0 aliphatic heterocycles. The number of rotatable bonds is 8. The lowest BCUT2D eigenvalue weighted by Crippen LogP contribution is -2.43. The molecule has 0 spiro atoms. The lowest BCUT2D eigenvalue weighted by molar-refractivity contribution is -0.145. The Hall–Kier alpha value is -1.70. The van der Waals surface area contributed by atoms with Gasteiger partial charge in [0.05, 0.1) is 0 Å². The van der Waals surface area contributed by atoms with E-state index < -0.39 is 34.5 Å². The first kappa shape index (κ1) is 22.3. The molecule has 0 saturated heterocycles. The lowest BCUT2D eigenvalue weighted by atomic mass is 10.1. The number of amides is 1. The zero-order valence-electron chi connectivity index (χ0n) is 13.9. The minimum Gasteiger partial charge on any atom is -0.480 e. The number of likely N-dealkylation sites (N-methyl/N-ethyl adjacent to an activating group) is 1. The maximum Gasteiger partial charge on any atom is 0.410 e. The maximum atomic E-state index is 12.0. The number of carbonyl (C=O) groups excluding carboxylic acids is 2. The molecule has 0 bridgehead atoms. The summed E-state index contributed by atoms with van der Waals surface area (Å²) in [5.41, 5.74) is 0.761. The van der Waals surface area contributed by atoms with Gasteiger partial charge in [-0.15, -0.1) is 0 Å². The van der Waals surface area contributed by atoms with E-state index in [9.17, 15) is 19.5 Å². The number of benzene rings is 1. The molecule has 1 atom stereocenters. The van der Waals surface area contributed by atoms with Gasteiger partial charge in [0.15, 0.2) is 0 Å². The molecule has 0 radical (unpaired) electrons. The second-order valence-electron chi connectivity index (χ2n) is 5.32. The van der Waals surface area contributed by atoms with Gasteiger partial charge in [-0.05, 0) is 12.0 Å². The Kier molecular flexibility index (Phi) is 8.98. The van der Waals surface area contributed by atoms with Gasteiger partial charge in [-0.25, -0.2) is 9.59 Å². The Labute approximate surface area is 165 Å². The van der Waals surface area contributed by atoms with E-state index >= 15 is 0 Å². The van der Waals surface area contributed by atoms with Crippen molar-refractivity contribution in [2.45, 2.75) is 29.3 Å². The molecule has 1 aromatic rings. The van der Waals surface area contributed by atoms with Crippen LogP contribution in [0, 0.1) is 0 Å². The fraction of sp³-hybridized carbons (Fsp3) is 0.438. The van der Waals surface area contributed by atoms with Crippen molar-refractivity contribution in [3.63, 3.8) is 0 Å². The minimum atomic E-state index is -1.75. The number of halogens is 3. The third-order valence-corrected chi connectivity index (χ3v) is 3.59. The normalized spacial score (nSPS) is 12.2. The minimum absolute atomic E-state index is 0.00163. The van der Waals surface area contributed by atoms with Crippen LogP contribution in [0.1, 0.15) is 18.4 Å². The number of carboxylic acid groups (broad SMARTS) is 1. The maximum absolute atomic E-state index is 12.0. The standard InChI is InChI=1S/C16H18Cl3NO6/c1-20(15(24)25-9-11-5-3-2-4-6-11)12(14(22)23)7-8-13(21)26-10-16(17,18)19/h2-6,12H,7-10H2,1H3,(H,22,23). The van der Waals surface area contributed by atoms with Gasteiger partial charge in [-0.3, -0.25) is 9.69 Å². The molecule has 0 heterocycles. The first-order valence-corrected chi connectivity index (χ1v) is 8.62. The third kappa shape index (κ3) is 8.60. The lowest BCUT2D eigenvalue weighted by Gasteiger charge is -2.24. The summed E-state index contributed by atoms with van der Waals surface area (Å²) < 4.78 is 8.04. The van der Waals surface area contributed by atoms with Crippen LogP contribution in [-0.4, -0.2) is 51.5 Å². The van der Waals surface area contributed by atoms with E-state index in [1.54, 1.807) is 24.3 Å². The number of carboxylic acids is 1. The summed E-state index contributed by atoms with van der Waals surface area (Å²) in [6, 6.07) is 7.66. The second kappa shape index (κ2) is 10.4. The molecule has 1 aromatic carbocycles. The van der Waals surface area contributed by atoms with Crippen molar-refractivity contribution in [1.82, 2.24) is 4.90 Å². The SMILES string of the molecule is CN(C(=O)OCc1ccccc1)C(CCC(=O)OCC(Cl)(Cl)Cl)C(=O)O. The van der Waals surface area contributed by atoms with E-state index in [2.05, 4.69) is 0 Å². The van der Waals surface area contributed by atoms with Gasteiger partial charge in [0, 0.05) is 13.5 Å². The smallest absolute Gasteiger partial charge is 0.410 e. The quantitative estimate of drug-likeness (QED) is 0.506. The van der Waals surface area contributed by atoms with Crippen LogP contribution >= 0.6 is 34.8 Å². The third-order valence-electron chi connectivity index (χ3n) is 3.26. The summed E-state index contributed by atoms with van der Waals surface area (Å²) in [5.74, 6) is -2.02. The van der Waals surface area contributed by atoms with E-state index in [1.807, 2.05) is 6.07 Å². The highest BCUT2D eigenvalue weighted by Crippen LogP contribution is 2.26. The molecule has 1 unspecified atom stereocenters. The predicted molar refractivity (Wildman–Crippen MR) is 96.3 cm³/mol. The molecule has 1 N–H and O–H groups in total. The van der Waals surface area contributed by atoms with Crippen LogP contribution in [0.25, 0.3) is 0 Å². The average Bonchev–Trinajstić information content (AvgIpc) is 2.57. The number of alkyl halides is 3. The molecular weight excluding hydrogens is 409 g/mol. The van der Waals surface area contributed by atoms with E-state index in [4.69, 9.17) is 44.3 Å². The van der Waals surface area contributed by atoms with Crippen molar-refractivity contribution in [3.8, 4) is 0 Å². The molecule has 1 rings (SSSR count). The summed E-state index contributed by atoms with van der Waals surface area (Å²) in [4.78, 5) is 35.9. The number of nitrogens with zero attached hydrogens (tertiary/aromatic N) is 1. The van der Waals surface area contributed by atoms with Gasteiger partial charge in [-0.2, -0.15) is 0 Å². The summed E-state index contributed by atoms with van der Waals surface area (Å²) in [5, 5.41) is 9.28. The molecule has 0 saturated carbocycles. The second-order valence-corrected chi connectivity index (χ2v) is 7.84. The fourth-order valence-corrected chi connectivity index (χ4v) is 2.08. The van der Waals surface area contributed by atoms with Gasteiger partial charge in [0.1, 0.15) is 19.3 Å². The number of esters is 1. The fourth-order valence-electron chi connectivity index (χ4n) is 1.92. The highest BCUT2D eigenvalue weighted by Gasteiger charge is 2.29. The van der Waals surface area contributed by atoms with Crippen LogP contribution in [-0.2, 0) is 25.7 Å². The first-order chi connectivity index (χ1) is 12.1. The Morgan fingerprint density at radius 1 is 1.15 bits per heavy atom. The Bertz CT molecular complexity index is 620. The van der Waals surface area contributed by atoms with E-state index in [-0.39, 0.29) is 19.4 Å². The number of hydrogen-bond acceptors (Lipinski definition) is 5.